The number of benzene rings is 2. The van der Waals surface area contributed by atoms with Crippen molar-refractivity contribution in [2.45, 2.75) is 0 Å². The lowest BCUT2D eigenvalue weighted by Gasteiger charge is -2.01. The van der Waals surface area contributed by atoms with Gasteiger partial charge in [0.25, 0.3) is 0 Å². The maximum absolute atomic E-state index is 12.8. The molecular weight excluding hydrogens is 333 g/mol. The highest BCUT2D eigenvalue weighted by molar-refractivity contribution is 6.31. The molecule has 24 heavy (non-hydrogen) atoms. The van der Waals surface area contributed by atoms with E-state index in [9.17, 15) is 9.18 Å². The van der Waals surface area contributed by atoms with Crippen LogP contribution in [0.4, 0.5) is 10.1 Å². The van der Waals surface area contributed by atoms with Crippen LogP contribution in [0.5, 0.6) is 5.75 Å². The van der Waals surface area contributed by atoms with Crippen molar-refractivity contribution in [3.63, 3.8) is 0 Å². The fourth-order valence-electron chi connectivity index (χ4n) is 2.21. The Morgan fingerprint density at radius 3 is 2.71 bits per heavy atom. The highest BCUT2D eigenvalue weighted by Crippen LogP contribution is 2.32. The molecule has 0 aliphatic carbocycles. The van der Waals surface area contributed by atoms with E-state index >= 15 is 0 Å². The van der Waals surface area contributed by atoms with Crippen LogP contribution in [0.2, 0.25) is 5.02 Å². The summed E-state index contributed by atoms with van der Waals surface area (Å²) in [5.74, 6) is 0.290. The molecule has 122 valence electrons. The van der Waals surface area contributed by atoms with Gasteiger partial charge < -0.3 is 14.5 Å². The van der Waals surface area contributed by atoms with Crippen molar-refractivity contribution < 1.29 is 18.3 Å². The zero-order valence-corrected chi connectivity index (χ0v) is 13.4. The number of methoxy groups -OCH3 is 1. The van der Waals surface area contributed by atoms with Gasteiger partial charge in [0.2, 0.25) is 5.91 Å². The molecule has 4 nitrogen and oxygen atoms in total. The van der Waals surface area contributed by atoms with Crippen LogP contribution in [-0.2, 0) is 4.79 Å². The number of halogens is 2. The van der Waals surface area contributed by atoms with Gasteiger partial charge in [-0.3, -0.25) is 4.79 Å². The summed E-state index contributed by atoms with van der Waals surface area (Å²) < 4.78 is 23.7. The van der Waals surface area contributed by atoms with Crippen molar-refractivity contribution in [1.29, 1.82) is 0 Å². The van der Waals surface area contributed by atoms with Crippen LogP contribution < -0.4 is 10.1 Å². The van der Waals surface area contributed by atoms with E-state index in [0.717, 1.165) is 5.39 Å². The lowest BCUT2D eigenvalue weighted by Crippen LogP contribution is -2.07. The smallest absolute Gasteiger partial charge is 0.248 e. The zero-order valence-electron chi connectivity index (χ0n) is 12.7. The normalized spacial score (nSPS) is 11.1. The minimum Gasteiger partial charge on any atom is -0.493 e. The first-order valence-electron chi connectivity index (χ1n) is 7.07. The molecule has 6 heteroatoms. The van der Waals surface area contributed by atoms with Crippen molar-refractivity contribution in [2.75, 3.05) is 12.4 Å². The number of carbonyl (C=O) groups excluding carboxylic acids is 1. The molecule has 0 saturated heterocycles. The summed E-state index contributed by atoms with van der Waals surface area (Å²) in [6, 6.07) is 10.7. The maximum Gasteiger partial charge on any atom is 0.248 e. The SMILES string of the molecule is COc1cc(Cl)cc2cc(/C=C/C(=O)Nc3ccc(F)cc3)oc12. The second kappa shape index (κ2) is 6.76. The fourth-order valence-corrected chi connectivity index (χ4v) is 2.43. The van der Waals surface area contributed by atoms with E-state index in [1.165, 1.54) is 43.5 Å². The molecule has 3 rings (SSSR count). The zero-order chi connectivity index (χ0) is 17.1. The molecule has 0 atom stereocenters. The summed E-state index contributed by atoms with van der Waals surface area (Å²) in [6.45, 7) is 0. The first-order valence-corrected chi connectivity index (χ1v) is 7.44. The van der Waals surface area contributed by atoms with Crippen LogP contribution in [0.3, 0.4) is 0 Å². The molecule has 1 aromatic heterocycles. The lowest BCUT2D eigenvalue weighted by molar-refractivity contribution is -0.111. The average Bonchev–Trinajstić information content (AvgIpc) is 2.97. The number of rotatable bonds is 4. The van der Waals surface area contributed by atoms with Gasteiger partial charge in [-0.15, -0.1) is 0 Å². The lowest BCUT2D eigenvalue weighted by atomic mass is 10.2. The van der Waals surface area contributed by atoms with Crippen LogP contribution in [0.15, 0.2) is 53.0 Å². The molecule has 1 amide bonds. The largest absolute Gasteiger partial charge is 0.493 e. The van der Waals surface area contributed by atoms with Gasteiger partial charge >= 0.3 is 0 Å². The van der Waals surface area contributed by atoms with Crippen LogP contribution in [0, 0.1) is 5.82 Å². The third kappa shape index (κ3) is 3.58. The van der Waals surface area contributed by atoms with Crippen LogP contribution in [0.1, 0.15) is 5.76 Å². The van der Waals surface area contributed by atoms with E-state index in [4.69, 9.17) is 20.8 Å². The van der Waals surface area contributed by atoms with Crippen molar-refractivity contribution in [2.24, 2.45) is 0 Å². The molecule has 1 heterocycles. The Balaban J connectivity index is 1.77. The number of amides is 1. The fraction of sp³-hybridized carbons (Fsp3) is 0.0556. The molecule has 3 aromatic rings. The summed E-state index contributed by atoms with van der Waals surface area (Å²) in [7, 11) is 1.53. The van der Waals surface area contributed by atoms with Gasteiger partial charge in [0, 0.05) is 28.2 Å². The quantitative estimate of drug-likeness (QED) is 0.685. The number of fused-ring (bicyclic) bond motifs is 1. The topological polar surface area (TPSA) is 51.5 Å². The first kappa shape index (κ1) is 16.1. The predicted molar refractivity (Wildman–Crippen MR) is 91.8 cm³/mol. The molecule has 0 bridgehead atoms. The number of nitrogens with one attached hydrogen (secondary N) is 1. The number of carbonyl (C=O) groups is 1. The first-order chi connectivity index (χ1) is 11.5. The molecular formula is C18H13ClFNO3. The van der Waals surface area contributed by atoms with E-state index in [0.29, 0.717) is 27.8 Å². The monoisotopic (exact) mass is 345 g/mol. The van der Waals surface area contributed by atoms with Gasteiger partial charge in [0.1, 0.15) is 11.6 Å². The minimum atomic E-state index is -0.363. The van der Waals surface area contributed by atoms with E-state index < -0.39 is 0 Å². The predicted octanol–water partition coefficient (Wildman–Crippen LogP) is 4.89. The molecule has 1 N–H and O–H groups in total. The average molecular weight is 346 g/mol. The van der Waals surface area contributed by atoms with Crippen molar-refractivity contribution in [3.05, 3.63) is 65.1 Å². The highest BCUT2D eigenvalue weighted by Gasteiger charge is 2.09. The van der Waals surface area contributed by atoms with Crippen molar-refractivity contribution >= 4 is 40.2 Å². The molecule has 0 fully saturated rings. The number of hydrogen-bond acceptors (Lipinski definition) is 3. The van der Waals surface area contributed by atoms with Crippen LogP contribution in [0.25, 0.3) is 17.0 Å². The van der Waals surface area contributed by atoms with E-state index in [1.807, 2.05) is 0 Å². The second-order valence-electron chi connectivity index (χ2n) is 5.00. The molecule has 0 unspecified atom stereocenters. The van der Waals surface area contributed by atoms with Crippen LogP contribution in [-0.4, -0.2) is 13.0 Å². The number of ether oxygens (including phenoxy) is 1. The molecule has 2 aromatic carbocycles. The van der Waals surface area contributed by atoms with Gasteiger partial charge in [0.05, 0.1) is 7.11 Å². The van der Waals surface area contributed by atoms with Crippen molar-refractivity contribution in [3.8, 4) is 5.75 Å². The number of hydrogen-bond donors (Lipinski definition) is 1. The van der Waals surface area contributed by atoms with E-state index in [2.05, 4.69) is 5.32 Å². The van der Waals surface area contributed by atoms with Gasteiger partial charge in [-0.1, -0.05) is 11.6 Å². The van der Waals surface area contributed by atoms with Crippen molar-refractivity contribution in [1.82, 2.24) is 0 Å². The van der Waals surface area contributed by atoms with Gasteiger partial charge in [-0.25, -0.2) is 4.39 Å². The van der Waals surface area contributed by atoms with E-state index in [-0.39, 0.29) is 11.7 Å². The van der Waals surface area contributed by atoms with Gasteiger partial charge in [-0.2, -0.15) is 0 Å². The van der Waals surface area contributed by atoms with E-state index in [1.54, 1.807) is 18.2 Å². The summed E-state index contributed by atoms with van der Waals surface area (Å²) in [6.07, 6.45) is 2.86. The molecule has 0 aliphatic rings. The summed E-state index contributed by atoms with van der Waals surface area (Å²) >= 11 is 6.01. The Bertz CT molecular complexity index is 916. The Kier molecular flexibility index (Phi) is 4.53. The Morgan fingerprint density at radius 1 is 1.25 bits per heavy atom. The Labute approximate surface area is 142 Å². The third-order valence-electron chi connectivity index (χ3n) is 3.30. The van der Waals surface area contributed by atoms with Crippen LogP contribution >= 0.6 is 11.6 Å². The number of furan rings is 1. The summed E-state index contributed by atoms with van der Waals surface area (Å²) in [5.41, 5.74) is 1.06. The third-order valence-corrected chi connectivity index (χ3v) is 3.51. The maximum atomic E-state index is 12.8. The summed E-state index contributed by atoms with van der Waals surface area (Å²) in [5, 5.41) is 3.93. The molecule has 0 radical (unpaired) electrons. The Hall–Kier alpha value is -2.79. The number of anilines is 1. The highest BCUT2D eigenvalue weighted by atomic mass is 35.5. The standard InChI is InChI=1S/C18H13ClFNO3/c1-23-16-10-12(19)8-11-9-15(24-18(11)16)6-7-17(22)21-14-4-2-13(20)3-5-14/h2-10H,1H3,(H,21,22)/b7-6+. The van der Waals surface area contributed by atoms with Gasteiger partial charge in [-0.05, 0) is 42.5 Å². The molecule has 0 aliphatic heterocycles. The summed E-state index contributed by atoms with van der Waals surface area (Å²) in [4.78, 5) is 11.9. The molecule has 0 spiro atoms. The minimum absolute atomic E-state index is 0.355. The van der Waals surface area contributed by atoms with Gasteiger partial charge in [0.15, 0.2) is 11.3 Å². The Morgan fingerprint density at radius 2 is 2.00 bits per heavy atom. The molecule has 0 saturated carbocycles. The second-order valence-corrected chi connectivity index (χ2v) is 5.44.